The van der Waals surface area contributed by atoms with Crippen LogP contribution < -0.4 is 19.5 Å². The molecule has 0 radical (unpaired) electrons. The highest BCUT2D eigenvalue weighted by molar-refractivity contribution is 5.62. The molecule has 2 bridgehead atoms. The third-order valence-corrected chi connectivity index (χ3v) is 9.58. The highest BCUT2D eigenvalue weighted by Gasteiger charge is 2.38. The predicted octanol–water partition coefficient (Wildman–Crippen LogP) is 6.87. The van der Waals surface area contributed by atoms with E-state index < -0.39 is 0 Å². The summed E-state index contributed by atoms with van der Waals surface area (Å²) < 4.78 is 31.9. The van der Waals surface area contributed by atoms with Gasteiger partial charge in [-0.2, -0.15) is 0 Å². The molecule has 0 spiro atoms. The zero-order valence-corrected chi connectivity index (χ0v) is 24.8. The molecule has 2 heterocycles. The summed E-state index contributed by atoms with van der Waals surface area (Å²) in [5.41, 5.74) is 5.73. The molecule has 42 heavy (non-hydrogen) atoms. The van der Waals surface area contributed by atoms with Crippen molar-refractivity contribution in [2.24, 2.45) is 0 Å². The Kier molecular flexibility index (Phi) is 8.75. The summed E-state index contributed by atoms with van der Waals surface area (Å²) in [7, 11) is 3.32. The van der Waals surface area contributed by atoms with Gasteiger partial charge in [-0.3, -0.25) is 4.90 Å². The molecule has 1 aliphatic carbocycles. The van der Waals surface area contributed by atoms with Gasteiger partial charge in [0, 0.05) is 36.9 Å². The Balaban J connectivity index is 1.05. The number of rotatable bonds is 12. The van der Waals surface area contributed by atoms with E-state index >= 15 is 0 Å². The molecule has 0 saturated carbocycles. The van der Waals surface area contributed by atoms with Crippen molar-refractivity contribution in [3.63, 3.8) is 0 Å². The number of hydrogen-bond acceptors (Lipinski definition) is 6. The van der Waals surface area contributed by atoms with Gasteiger partial charge in [-0.25, -0.2) is 4.39 Å². The molecule has 6 nitrogen and oxygen atoms in total. The smallest absolute Gasteiger partial charge is 0.165 e. The SMILES string of the molecule is COc1cc(NCCCc2ccc(OCCN3C4CCC3CC4)c(F)c2)c(C2CCc3cc(O)ccc3C2)cc1OC. The van der Waals surface area contributed by atoms with Crippen LogP contribution in [0.1, 0.15) is 66.7 Å². The van der Waals surface area contributed by atoms with Gasteiger partial charge in [0.05, 0.1) is 14.2 Å². The largest absolute Gasteiger partial charge is 0.508 e. The first kappa shape index (κ1) is 28.7. The fraction of sp³-hybridized carbons (Fsp3) is 0.486. The zero-order chi connectivity index (χ0) is 29.1. The summed E-state index contributed by atoms with van der Waals surface area (Å²) in [5, 5.41) is 13.5. The van der Waals surface area contributed by atoms with Crippen LogP contribution in [0, 0.1) is 5.82 Å². The van der Waals surface area contributed by atoms with E-state index in [9.17, 15) is 9.50 Å². The topological polar surface area (TPSA) is 63.2 Å². The number of benzene rings is 3. The van der Waals surface area contributed by atoms with Gasteiger partial charge in [0.15, 0.2) is 23.1 Å². The van der Waals surface area contributed by atoms with Crippen LogP contribution in [0.15, 0.2) is 48.5 Å². The van der Waals surface area contributed by atoms with Crippen LogP contribution in [0.4, 0.5) is 10.1 Å². The van der Waals surface area contributed by atoms with E-state index in [4.69, 9.17) is 14.2 Å². The molecule has 0 amide bonds. The first-order valence-corrected chi connectivity index (χ1v) is 15.5. The lowest BCUT2D eigenvalue weighted by Gasteiger charge is -2.28. The molecule has 0 aromatic heterocycles. The average molecular weight is 575 g/mol. The second-order valence-electron chi connectivity index (χ2n) is 12.0. The third kappa shape index (κ3) is 6.17. The minimum Gasteiger partial charge on any atom is -0.508 e. The number of ether oxygens (including phenoxy) is 3. The molecule has 2 aliphatic heterocycles. The van der Waals surface area contributed by atoms with Gasteiger partial charge < -0.3 is 24.6 Å². The summed E-state index contributed by atoms with van der Waals surface area (Å²) in [4.78, 5) is 2.56. The van der Waals surface area contributed by atoms with E-state index in [2.05, 4.69) is 16.3 Å². The number of halogens is 1. The standard InChI is InChI=1S/C35H43FN2O4/c1-40-34-21-30(26-7-6-25-20-29(39)13-8-24(25)19-26)32(22-35(34)41-2)37-15-3-4-23-5-14-33(31(36)18-23)42-17-16-38-27-9-10-28(38)12-11-27/h5,8,13-14,18,20-22,26-28,37,39H,3-4,6-7,9-12,15-17,19H2,1-2H3. The Morgan fingerprint density at radius 1 is 0.881 bits per heavy atom. The predicted molar refractivity (Wildman–Crippen MR) is 164 cm³/mol. The molecule has 3 aromatic carbocycles. The molecule has 2 N–H and O–H groups in total. The number of phenolic OH excluding ortho intramolecular Hbond substituents is 1. The van der Waals surface area contributed by atoms with Crippen molar-refractivity contribution >= 4 is 5.69 Å². The van der Waals surface area contributed by atoms with Crippen LogP contribution in [0.2, 0.25) is 0 Å². The molecule has 3 aromatic rings. The molecule has 2 saturated heterocycles. The highest BCUT2D eigenvalue weighted by atomic mass is 19.1. The fourth-order valence-corrected chi connectivity index (χ4v) is 7.37. The Bertz CT molecular complexity index is 1380. The van der Waals surface area contributed by atoms with Crippen molar-refractivity contribution in [2.75, 3.05) is 39.2 Å². The van der Waals surface area contributed by atoms with Crippen LogP contribution in [0.3, 0.4) is 0 Å². The zero-order valence-electron chi connectivity index (χ0n) is 24.8. The van der Waals surface area contributed by atoms with E-state index in [1.165, 1.54) is 42.4 Å². The molecule has 3 aliphatic rings. The molecule has 224 valence electrons. The number of aromatic hydroxyl groups is 1. The molecule has 2 fully saturated rings. The molecule has 7 heteroatoms. The van der Waals surface area contributed by atoms with E-state index in [0.717, 1.165) is 62.2 Å². The fourth-order valence-electron chi connectivity index (χ4n) is 7.37. The van der Waals surface area contributed by atoms with Crippen LogP contribution in [0.5, 0.6) is 23.0 Å². The molecular weight excluding hydrogens is 531 g/mol. The minimum absolute atomic E-state index is 0.280. The summed E-state index contributed by atoms with van der Waals surface area (Å²) in [6.07, 6.45) is 9.66. The van der Waals surface area contributed by atoms with Crippen molar-refractivity contribution in [1.29, 1.82) is 0 Å². The Hall–Kier alpha value is -3.45. The van der Waals surface area contributed by atoms with Gasteiger partial charge >= 0.3 is 0 Å². The number of hydrogen-bond donors (Lipinski definition) is 2. The van der Waals surface area contributed by atoms with Gasteiger partial charge in [0.2, 0.25) is 0 Å². The maximum absolute atomic E-state index is 14.8. The first-order chi connectivity index (χ1) is 20.5. The van der Waals surface area contributed by atoms with E-state index in [-0.39, 0.29) is 5.82 Å². The van der Waals surface area contributed by atoms with Crippen LogP contribution in [-0.4, -0.2) is 56.0 Å². The first-order valence-electron chi connectivity index (χ1n) is 15.5. The molecular formula is C35H43FN2O4. The number of fused-ring (bicyclic) bond motifs is 3. The van der Waals surface area contributed by atoms with Crippen molar-refractivity contribution in [1.82, 2.24) is 4.90 Å². The minimum atomic E-state index is -0.280. The van der Waals surface area contributed by atoms with E-state index in [1.54, 1.807) is 32.4 Å². The Morgan fingerprint density at radius 2 is 1.64 bits per heavy atom. The summed E-state index contributed by atoms with van der Waals surface area (Å²) in [6, 6.07) is 16.6. The number of aryl methyl sites for hydroxylation is 2. The number of nitrogens with zero attached hydrogens (tertiary/aromatic N) is 1. The summed E-state index contributed by atoms with van der Waals surface area (Å²) >= 11 is 0. The number of methoxy groups -OCH3 is 2. The monoisotopic (exact) mass is 574 g/mol. The molecule has 6 rings (SSSR count). The van der Waals surface area contributed by atoms with Gasteiger partial charge in [-0.05, 0) is 116 Å². The van der Waals surface area contributed by atoms with Gasteiger partial charge in [-0.15, -0.1) is 0 Å². The van der Waals surface area contributed by atoms with Gasteiger partial charge in [0.1, 0.15) is 12.4 Å². The number of nitrogens with one attached hydrogen (secondary N) is 1. The maximum atomic E-state index is 14.8. The lowest BCUT2D eigenvalue weighted by atomic mass is 9.79. The Morgan fingerprint density at radius 3 is 2.38 bits per heavy atom. The van der Waals surface area contributed by atoms with Crippen LogP contribution in [-0.2, 0) is 19.3 Å². The van der Waals surface area contributed by atoms with Crippen molar-refractivity contribution < 1.29 is 23.7 Å². The molecule has 1 unspecified atom stereocenters. The number of phenols is 1. The van der Waals surface area contributed by atoms with Crippen molar-refractivity contribution in [3.05, 3.63) is 76.6 Å². The van der Waals surface area contributed by atoms with Crippen molar-refractivity contribution in [2.45, 2.75) is 75.8 Å². The molecule has 1 atom stereocenters. The number of anilines is 1. The second-order valence-corrected chi connectivity index (χ2v) is 12.0. The highest BCUT2D eigenvalue weighted by Crippen LogP contribution is 2.42. The van der Waals surface area contributed by atoms with Gasteiger partial charge in [0.25, 0.3) is 0 Å². The second kappa shape index (κ2) is 12.8. The van der Waals surface area contributed by atoms with Crippen LogP contribution >= 0.6 is 0 Å². The van der Waals surface area contributed by atoms with E-state index in [1.807, 2.05) is 24.3 Å². The van der Waals surface area contributed by atoms with E-state index in [0.29, 0.717) is 41.9 Å². The third-order valence-electron chi connectivity index (χ3n) is 9.58. The maximum Gasteiger partial charge on any atom is 0.165 e. The quantitative estimate of drug-likeness (QED) is 0.230. The lowest BCUT2D eigenvalue weighted by molar-refractivity contribution is 0.190. The average Bonchev–Trinajstić information content (AvgIpc) is 3.59. The van der Waals surface area contributed by atoms with Gasteiger partial charge in [-0.1, -0.05) is 12.1 Å². The van der Waals surface area contributed by atoms with Crippen molar-refractivity contribution in [3.8, 4) is 23.0 Å². The van der Waals surface area contributed by atoms with Crippen LogP contribution in [0.25, 0.3) is 0 Å². The normalized spacial score (nSPS) is 21.3. The summed E-state index contributed by atoms with van der Waals surface area (Å²) in [5.74, 6) is 2.14. The Labute approximate surface area is 248 Å². The summed E-state index contributed by atoms with van der Waals surface area (Å²) in [6.45, 7) is 2.17. The lowest BCUT2D eigenvalue weighted by Crippen LogP contribution is -2.32.